The van der Waals surface area contributed by atoms with Crippen LogP contribution in [0.1, 0.15) is 39.5 Å². The van der Waals surface area contributed by atoms with Crippen molar-refractivity contribution >= 4 is 28.4 Å². The molecule has 0 bridgehead atoms. The molecule has 0 unspecified atom stereocenters. The molecular formula is C12H20IN3. The zero-order valence-electron chi connectivity index (χ0n) is 10.1. The van der Waals surface area contributed by atoms with Gasteiger partial charge in [0.15, 0.2) is 0 Å². The van der Waals surface area contributed by atoms with Gasteiger partial charge in [-0.25, -0.2) is 9.97 Å². The molecule has 90 valence electrons. The van der Waals surface area contributed by atoms with E-state index in [9.17, 15) is 0 Å². The van der Waals surface area contributed by atoms with Crippen LogP contribution in [0.25, 0.3) is 0 Å². The molecule has 3 nitrogen and oxygen atoms in total. The van der Waals surface area contributed by atoms with Crippen LogP contribution in [-0.4, -0.2) is 23.1 Å². The lowest BCUT2D eigenvalue weighted by Gasteiger charge is -2.24. The molecule has 4 heteroatoms. The Kier molecular flexibility index (Phi) is 6.68. The summed E-state index contributed by atoms with van der Waals surface area (Å²) >= 11 is 2.31. The summed E-state index contributed by atoms with van der Waals surface area (Å²) in [6.07, 6.45) is 8.43. The SMILES string of the molecule is CCCCN(CCCC)c1ncncc1I. The first kappa shape index (κ1) is 13.7. The molecule has 0 fully saturated rings. The topological polar surface area (TPSA) is 29.0 Å². The lowest BCUT2D eigenvalue weighted by molar-refractivity contribution is 0.669. The van der Waals surface area contributed by atoms with Crippen molar-refractivity contribution in [3.8, 4) is 0 Å². The zero-order chi connectivity index (χ0) is 11.8. The highest BCUT2D eigenvalue weighted by molar-refractivity contribution is 14.1. The standard InChI is InChI=1S/C12H20IN3/c1-3-5-7-16(8-6-4-2)12-11(13)9-14-10-15-12/h9-10H,3-8H2,1-2H3. The van der Waals surface area contributed by atoms with Crippen LogP contribution in [0.3, 0.4) is 0 Å². The highest BCUT2D eigenvalue weighted by atomic mass is 127. The number of nitrogens with zero attached hydrogens (tertiary/aromatic N) is 3. The van der Waals surface area contributed by atoms with Crippen LogP contribution in [-0.2, 0) is 0 Å². The summed E-state index contributed by atoms with van der Waals surface area (Å²) < 4.78 is 1.15. The van der Waals surface area contributed by atoms with E-state index in [2.05, 4.69) is 51.3 Å². The smallest absolute Gasteiger partial charge is 0.145 e. The summed E-state index contributed by atoms with van der Waals surface area (Å²) in [5.74, 6) is 1.09. The lowest BCUT2D eigenvalue weighted by Crippen LogP contribution is -2.27. The Hall–Kier alpha value is -0.390. The van der Waals surface area contributed by atoms with Crippen LogP contribution in [0.4, 0.5) is 5.82 Å². The third-order valence-corrected chi connectivity index (χ3v) is 3.27. The monoisotopic (exact) mass is 333 g/mol. The molecule has 0 radical (unpaired) electrons. The Morgan fingerprint density at radius 1 is 1.19 bits per heavy atom. The average Bonchev–Trinajstić information content (AvgIpc) is 2.31. The molecule has 1 aromatic rings. The Balaban J connectivity index is 2.70. The van der Waals surface area contributed by atoms with E-state index in [-0.39, 0.29) is 0 Å². The Bertz CT molecular complexity index is 296. The molecule has 1 heterocycles. The van der Waals surface area contributed by atoms with Crippen molar-refractivity contribution in [2.24, 2.45) is 0 Å². The van der Waals surface area contributed by atoms with Gasteiger partial charge in [-0.3, -0.25) is 0 Å². The van der Waals surface area contributed by atoms with Gasteiger partial charge in [0.1, 0.15) is 12.1 Å². The number of anilines is 1. The van der Waals surface area contributed by atoms with E-state index in [1.54, 1.807) is 6.33 Å². The van der Waals surface area contributed by atoms with Gasteiger partial charge in [0, 0.05) is 19.3 Å². The van der Waals surface area contributed by atoms with Gasteiger partial charge in [0.2, 0.25) is 0 Å². The van der Waals surface area contributed by atoms with Crippen molar-refractivity contribution in [2.75, 3.05) is 18.0 Å². The van der Waals surface area contributed by atoms with E-state index in [1.165, 1.54) is 25.7 Å². The minimum atomic E-state index is 1.09. The number of aromatic nitrogens is 2. The average molecular weight is 333 g/mol. The first-order chi connectivity index (χ1) is 7.79. The van der Waals surface area contributed by atoms with Crippen LogP contribution in [0.15, 0.2) is 12.5 Å². The van der Waals surface area contributed by atoms with E-state index >= 15 is 0 Å². The number of hydrogen-bond acceptors (Lipinski definition) is 3. The van der Waals surface area contributed by atoms with Crippen LogP contribution < -0.4 is 4.90 Å². The van der Waals surface area contributed by atoms with Crippen molar-refractivity contribution in [1.29, 1.82) is 0 Å². The largest absolute Gasteiger partial charge is 0.356 e. The van der Waals surface area contributed by atoms with Gasteiger partial charge in [0.25, 0.3) is 0 Å². The molecule has 0 saturated carbocycles. The summed E-state index contributed by atoms with van der Waals surface area (Å²) in [4.78, 5) is 10.8. The minimum absolute atomic E-state index is 1.09. The van der Waals surface area contributed by atoms with Crippen molar-refractivity contribution in [3.05, 3.63) is 16.1 Å². The molecule has 0 N–H and O–H groups in total. The highest BCUT2D eigenvalue weighted by Gasteiger charge is 2.10. The van der Waals surface area contributed by atoms with Crippen molar-refractivity contribution in [3.63, 3.8) is 0 Å². The quantitative estimate of drug-likeness (QED) is 0.716. The van der Waals surface area contributed by atoms with Gasteiger partial charge < -0.3 is 4.90 Å². The summed E-state index contributed by atoms with van der Waals surface area (Å²) in [6, 6.07) is 0. The Morgan fingerprint density at radius 2 is 1.81 bits per heavy atom. The zero-order valence-corrected chi connectivity index (χ0v) is 12.3. The molecule has 0 saturated heterocycles. The molecule has 0 atom stereocenters. The number of hydrogen-bond donors (Lipinski definition) is 0. The molecular weight excluding hydrogens is 313 g/mol. The molecule has 0 aliphatic carbocycles. The summed E-state index contributed by atoms with van der Waals surface area (Å²) in [5, 5.41) is 0. The van der Waals surface area contributed by atoms with E-state index in [1.807, 2.05) is 6.20 Å². The predicted octanol–water partition coefficient (Wildman–Crippen LogP) is 3.49. The van der Waals surface area contributed by atoms with Gasteiger partial charge >= 0.3 is 0 Å². The molecule has 0 aliphatic rings. The number of halogens is 1. The van der Waals surface area contributed by atoms with E-state index in [0.717, 1.165) is 22.5 Å². The maximum absolute atomic E-state index is 4.39. The number of unbranched alkanes of at least 4 members (excludes halogenated alkanes) is 2. The van der Waals surface area contributed by atoms with Crippen LogP contribution in [0.2, 0.25) is 0 Å². The van der Waals surface area contributed by atoms with Crippen LogP contribution in [0.5, 0.6) is 0 Å². The summed E-state index contributed by atoms with van der Waals surface area (Å²) in [5.41, 5.74) is 0. The van der Waals surface area contributed by atoms with Gasteiger partial charge in [-0.2, -0.15) is 0 Å². The van der Waals surface area contributed by atoms with Crippen molar-refractivity contribution in [2.45, 2.75) is 39.5 Å². The summed E-state index contributed by atoms with van der Waals surface area (Å²) in [7, 11) is 0. The molecule has 0 amide bonds. The Labute approximate surface area is 112 Å². The lowest BCUT2D eigenvalue weighted by atomic mass is 10.2. The molecule has 16 heavy (non-hydrogen) atoms. The van der Waals surface area contributed by atoms with E-state index < -0.39 is 0 Å². The molecule has 0 aromatic carbocycles. The van der Waals surface area contributed by atoms with E-state index in [4.69, 9.17) is 0 Å². The molecule has 0 spiro atoms. The minimum Gasteiger partial charge on any atom is -0.356 e. The van der Waals surface area contributed by atoms with Gasteiger partial charge in [-0.05, 0) is 35.4 Å². The first-order valence-corrected chi connectivity index (χ1v) is 7.07. The third-order valence-electron chi connectivity index (χ3n) is 2.51. The van der Waals surface area contributed by atoms with Gasteiger partial charge in [0.05, 0.1) is 3.57 Å². The number of rotatable bonds is 7. The highest BCUT2D eigenvalue weighted by Crippen LogP contribution is 2.19. The fourth-order valence-electron chi connectivity index (χ4n) is 1.56. The molecule has 1 aromatic heterocycles. The second-order valence-corrected chi connectivity index (χ2v) is 5.05. The maximum Gasteiger partial charge on any atom is 0.145 e. The fraction of sp³-hybridized carbons (Fsp3) is 0.667. The molecule has 0 aliphatic heterocycles. The fourth-order valence-corrected chi connectivity index (χ4v) is 2.20. The van der Waals surface area contributed by atoms with Gasteiger partial charge in [-0.1, -0.05) is 26.7 Å². The van der Waals surface area contributed by atoms with Crippen LogP contribution >= 0.6 is 22.6 Å². The second-order valence-electron chi connectivity index (χ2n) is 3.89. The molecule has 1 rings (SSSR count). The van der Waals surface area contributed by atoms with Crippen LogP contribution in [0, 0.1) is 3.57 Å². The third kappa shape index (κ3) is 4.23. The second kappa shape index (κ2) is 7.81. The van der Waals surface area contributed by atoms with Crippen molar-refractivity contribution in [1.82, 2.24) is 9.97 Å². The predicted molar refractivity (Wildman–Crippen MR) is 76.8 cm³/mol. The van der Waals surface area contributed by atoms with Gasteiger partial charge in [-0.15, -0.1) is 0 Å². The summed E-state index contributed by atoms with van der Waals surface area (Å²) in [6.45, 7) is 6.65. The van der Waals surface area contributed by atoms with E-state index in [0.29, 0.717) is 0 Å². The Morgan fingerprint density at radius 3 is 2.31 bits per heavy atom. The maximum atomic E-state index is 4.39. The first-order valence-electron chi connectivity index (χ1n) is 6.00. The van der Waals surface area contributed by atoms with Crippen molar-refractivity contribution < 1.29 is 0 Å². The normalized spacial score (nSPS) is 10.4.